The molecule has 0 saturated carbocycles. The van der Waals surface area contributed by atoms with Gasteiger partial charge >= 0.3 is 5.97 Å². The van der Waals surface area contributed by atoms with Crippen LogP contribution in [0.3, 0.4) is 0 Å². The monoisotopic (exact) mass is 246 g/mol. The van der Waals surface area contributed by atoms with Crippen LogP contribution in [0.15, 0.2) is 30.3 Å². The van der Waals surface area contributed by atoms with E-state index < -0.39 is 17.4 Å². The Balaban J connectivity index is 2.83. The summed E-state index contributed by atoms with van der Waals surface area (Å²) in [5.41, 5.74) is -1.59. The molecule has 0 aliphatic heterocycles. The first kappa shape index (κ1) is 13.9. The molecule has 18 heavy (non-hydrogen) atoms. The van der Waals surface area contributed by atoms with Gasteiger partial charge in [0.15, 0.2) is 0 Å². The summed E-state index contributed by atoms with van der Waals surface area (Å²) in [5.74, 6) is 2.95. The van der Waals surface area contributed by atoms with Crippen molar-refractivity contribution < 1.29 is 19.4 Å². The second-order valence-electron chi connectivity index (χ2n) is 3.74. The molecule has 0 saturated heterocycles. The van der Waals surface area contributed by atoms with Gasteiger partial charge in [0, 0.05) is 5.56 Å². The predicted molar refractivity (Wildman–Crippen MR) is 65.6 cm³/mol. The maximum atomic E-state index is 11.6. The second kappa shape index (κ2) is 5.99. The fourth-order valence-electron chi connectivity index (χ4n) is 1.14. The SMILES string of the molecule is CCOC(=O)C(C)(O)C(=O)C#Cc1ccccc1. The zero-order valence-electron chi connectivity index (χ0n) is 10.3. The highest BCUT2D eigenvalue weighted by Crippen LogP contribution is 2.07. The molecule has 0 aliphatic rings. The molecule has 0 heterocycles. The van der Waals surface area contributed by atoms with E-state index in [9.17, 15) is 14.7 Å². The molecule has 0 amide bonds. The Labute approximate surface area is 106 Å². The zero-order chi connectivity index (χ0) is 13.6. The van der Waals surface area contributed by atoms with Crippen LogP contribution >= 0.6 is 0 Å². The van der Waals surface area contributed by atoms with Crippen LogP contribution in [-0.4, -0.2) is 29.1 Å². The lowest BCUT2D eigenvalue weighted by Crippen LogP contribution is -2.44. The van der Waals surface area contributed by atoms with Crippen LogP contribution in [0.1, 0.15) is 19.4 Å². The van der Waals surface area contributed by atoms with Crippen LogP contribution in [0.2, 0.25) is 0 Å². The molecule has 4 nitrogen and oxygen atoms in total. The van der Waals surface area contributed by atoms with Gasteiger partial charge in [-0.2, -0.15) is 0 Å². The summed E-state index contributed by atoms with van der Waals surface area (Å²) in [7, 11) is 0. The maximum Gasteiger partial charge on any atom is 0.346 e. The van der Waals surface area contributed by atoms with Crippen molar-refractivity contribution in [3.05, 3.63) is 35.9 Å². The quantitative estimate of drug-likeness (QED) is 0.489. The number of ether oxygens (including phenoxy) is 1. The van der Waals surface area contributed by atoms with Gasteiger partial charge in [-0.25, -0.2) is 4.79 Å². The Morgan fingerprint density at radius 2 is 1.94 bits per heavy atom. The number of Topliss-reactive ketones (excluding diaryl/α,β-unsaturated/α-hetero) is 1. The Morgan fingerprint density at radius 1 is 1.33 bits per heavy atom. The minimum absolute atomic E-state index is 0.0916. The molecule has 1 unspecified atom stereocenters. The molecule has 1 N–H and O–H groups in total. The Morgan fingerprint density at radius 3 is 2.50 bits per heavy atom. The predicted octanol–water partition coefficient (Wildman–Crippen LogP) is 0.921. The number of carbonyl (C=O) groups excluding carboxylic acids is 2. The lowest BCUT2D eigenvalue weighted by atomic mass is 10.0. The van der Waals surface area contributed by atoms with E-state index in [-0.39, 0.29) is 6.61 Å². The molecule has 0 bridgehead atoms. The number of aliphatic hydroxyl groups is 1. The Bertz CT molecular complexity index is 492. The molecule has 0 radical (unpaired) electrons. The fourth-order valence-corrected chi connectivity index (χ4v) is 1.14. The molecule has 0 spiro atoms. The third-order valence-electron chi connectivity index (χ3n) is 2.21. The number of carbonyl (C=O) groups is 2. The van der Waals surface area contributed by atoms with E-state index in [2.05, 4.69) is 16.6 Å². The topological polar surface area (TPSA) is 63.6 Å². The van der Waals surface area contributed by atoms with E-state index in [1.807, 2.05) is 6.07 Å². The van der Waals surface area contributed by atoms with E-state index in [1.165, 1.54) is 0 Å². The van der Waals surface area contributed by atoms with E-state index in [0.717, 1.165) is 6.92 Å². The van der Waals surface area contributed by atoms with Crippen molar-refractivity contribution in [1.29, 1.82) is 0 Å². The number of benzene rings is 1. The number of esters is 1. The summed E-state index contributed by atoms with van der Waals surface area (Å²) < 4.78 is 4.60. The van der Waals surface area contributed by atoms with Crippen molar-refractivity contribution in [3.63, 3.8) is 0 Å². The molecule has 1 aromatic carbocycles. The zero-order valence-corrected chi connectivity index (χ0v) is 10.3. The lowest BCUT2D eigenvalue weighted by molar-refractivity contribution is -0.166. The number of hydrogen-bond donors (Lipinski definition) is 1. The van der Waals surface area contributed by atoms with Crippen molar-refractivity contribution in [1.82, 2.24) is 0 Å². The summed E-state index contributed by atoms with van der Waals surface area (Å²) in [4.78, 5) is 23.0. The molecule has 0 aromatic heterocycles. The molecular weight excluding hydrogens is 232 g/mol. The first-order valence-corrected chi connectivity index (χ1v) is 5.49. The third-order valence-corrected chi connectivity index (χ3v) is 2.21. The van der Waals surface area contributed by atoms with Gasteiger partial charge in [-0.3, -0.25) is 4.79 Å². The van der Waals surface area contributed by atoms with Gasteiger partial charge in [-0.15, -0.1) is 0 Å². The molecule has 1 aromatic rings. The van der Waals surface area contributed by atoms with Gasteiger partial charge in [-0.05, 0) is 31.9 Å². The number of rotatable bonds is 3. The van der Waals surface area contributed by atoms with Crippen molar-refractivity contribution in [2.24, 2.45) is 0 Å². The van der Waals surface area contributed by atoms with Gasteiger partial charge in [0.2, 0.25) is 11.4 Å². The maximum absolute atomic E-state index is 11.6. The van der Waals surface area contributed by atoms with E-state index in [4.69, 9.17) is 0 Å². The number of hydrogen-bond acceptors (Lipinski definition) is 4. The minimum atomic E-state index is -2.22. The Kier molecular flexibility index (Phi) is 4.64. The highest BCUT2D eigenvalue weighted by Gasteiger charge is 2.39. The standard InChI is InChI=1S/C14H14O4/c1-3-18-13(16)14(2,17)12(15)10-9-11-7-5-4-6-8-11/h4-8,17H,3H2,1-2H3. The van der Waals surface area contributed by atoms with Gasteiger partial charge in [-0.1, -0.05) is 24.1 Å². The van der Waals surface area contributed by atoms with Crippen LogP contribution < -0.4 is 0 Å². The van der Waals surface area contributed by atoms with Crippen molar-refractivity contribution in [3.8, 4) is 11.8 Å². The largest absolute Gasteiger partial charge is 0.463 e. The van der Waals surface area contributed by atoms with Gasteiger partial charge in [0.05, 0.1) is 6.61 Å². The molecule has 0 aliphatic carbocycles. The van der Waals surface area contributed by atoms with Crippen LogP contribution in [0, 0.1) is 11.8 Å². The fraction of sp³-hybridized carbons (Fsp3) is 0.286. The van der Waals surface area contributed by atoms with Crippen molar-refractivity contribution in [2.45, 2.75) is 19.4 Å². The normalized spacial score (nSPS) is 12.8. The molecule has 1 atom stereocenters. The van der Waals surface area contributed by atoms with Crippen LogP contribution in [0.4, 0.5) is 0 Å². The van der Waals surface area contributed by atoms with Crippen LogP contribution in [0.5, 0.6) is 0 Å². The van der Waals surface area contributed by atoms with E-state index >= 15 is 0 Å². The van der Waals surface area contributed by atoms with Crippen molar-refractivity contribution in [2.75, 3.05) is 6.61 Å². The summed E-state index contributed by atoms with van der Waals surface area (Å²) in [6.45, 7) is 2.76. The van der Waals surface area contributed by atoms with E-state index in [1.54, 1.807) is 31.2 Å². The molecular formula is C14H14O4. The van der Waals surface area contributed by atoms with E-state index in [0.29, 0.717) is 5.56 Å². The van der Waals surface area contributed by atoms with Gasteiger partial charge in [0.1, 0.15) is 0 Å². The third kappa shape index (κ3) is 3.44. The minimum Gasteiger partial charge on any atom is -0.463 e. The average molecular weight is 246 g/mol. The number of ketones is 1. The molecule has 4 heteroatoms. The van der Waals surface area contributed by atoms with Gasteiger partial charge in [0.25, 0.3) is 0 Å². The molecule has 94 valence electrons. The summed E-state index contributed by atoms with van der Waals surface area (Å²) in [6, 6.07) is 8.82. The summed E-state index contributed by atoms with van der Waals surface area (Å²) in [6.07, 6.45) is 0. The molecule has 0 fully saturated rings. The lowest BCUT2D eigenvalue weighted by Gasteiger charge is -2.16. The summed E-state index contributed by atoms with van der Waals surface area (Å²) in [5, 5.41) is 9.73. The highest BCUT2D eigenvalue weighted by atomic mass is 16.5. The Hall–Kier alpha value is -2.12. The second-order valence-corrected chi connectivity index (χ2v) is 3.74. The van der Waals surface area contributed by atoms with Crippen molar-refractivity contribution >= 4 is 11.8 Å². The first-order chi connectivity index (χ1) is 8.48. The van der Waals surface area contributed by atoms with Crippen LogP contribution in [0.25, 0.3) is 0 Å². The molecule has 1 rings (SSSR count). The van der Waals surface area contributed by atoms with Crippen LogP contribution in [-0.2, 0) is 14.3 Å². The smallest absolute Gasteiger partial charge is 0.346 e. The first-order valence-electron chi connectivity index (χ1n) is 5.49. The average Bonchev–Trinajstić information content (AvgIpc) is 2.37. The summed E-state index contributed by atoms with van der Waals surface area (Å²) >= 11 is 0. The van der Waals surface area contributed by atoms with Gasteiger partial charge < -0.3 is 9.84 Å². The highest BCUT2D eigenvalue weighted by molar-refractivity contribution is 6.14.